The molecule has 1 aromatic carbocycles. The fraction of sp³-hybridized carbons (Fsp3) is 0.0625. The number of para-hydroxylation sites is 2. The van der Waals surface area contributed by atoms with E-state index in [2.05, 4.69) is 36.1 Å². The van der Waals surface area contributed by atoms with Gasteiger partial charge in [-0.3, -0.25) is 0 Å². The van der Waals surface area contributed by atoms with Crippen LogP contribution in [0.2, 0.25) is 0 Å². The van der Waals surface area contributed by atoms with E-state index in [1.165, 1.54) is 0 Å². The van der Waals surface area contributed by atoms with Gasteiger partial charge >= 0.3 is 0 Å². The molecule has 0 unspecified atom stereocenters. The summed E-state index contributed by atoms with van der Waals surface area (Å²) >= 11 is 0. The van der Waals surface area contributed by atoms with E-state index in [0.29, 0.717) is 24.1 Å². The quantitative estimate of drug-likeness (QED) is 0.518. The first kappa shape index (κ1) is 13.7. The molecule has 0 spiro atoms. The standard InChI is InChI=1S/C16H12N8O/c1-2-6-13-12(5-1)19-14-11(15-21-22-23-24(13)15)9-18-16(20-14)17-8-10-4-3-7-25-10/h1-7,9H,8H2,(H2,17,18,19,20). The molecule has 0 radical (unpaired) electrons. The zero-order valence-corrected chi connectivity index (χ0v) is 12.9. The molecule has 2 N–H and O–H groups in total. The molecule has 1 aliphatic heterocycles. The van der Waals surface area contributed by atoms with Crippen molar-refractivity contribution >= 4 is 17.5 Å². The lowest BCUT2D eigenvalue weighted by atomic mass is 10.2. The second kappa shape index (κ2) is 5.41. The summed E-state index contributed by atoms with van der Waals surface area (Å²) in [4.78, 5) is 8.93. The van der Waals surface area contributed by atoms with Crippen molar-refractivity contribution in [1.29, 1.82) is 0 Å². The van der Waals surface area contributed by atoms with Gasteiger partial charge in [-0.25, -0.2) is 4.98 Å². The highest BCUT2D eigenvalue weighted by Crippen LogP contribution is 2.35. The van der Waals surface area contributed by atoms with Crippen LogP contribution in [-0.2, 0) is 6.54 Å². The van der Waals surface area contributed by atoms with Gasteiger partial charge in [-0.1, -0.05) is 12.1 Å². The van der Waals surface area contributed by atoms with Crippen LogP contribution in [0.1, 0.15) is 5.76 Å². The first-order chi connectivity index (χ1) is 12.4. The average Bonchev–Trinajstić information content (AvgIpc) is 3.30. The van der Waals surface area contributed by atoms with Crippen LogP contribution in [0.5, 0.6) is 0 Å². The zero-order valence-electron chi connectivity index (χ0n) is 12.9. The Hall–Kier alpha value is -3.75. The number of furan rings is 1. The lowest BCUT2D eigenvalue weighted by Gasteiger charge is -2.09. The Morgan fingerprint density at radius 2 is 2.12 bits per heavy atom. The normalized spacial score (nSPS) is 11.7. The van der Waals surface area contributed by atoms with Crippen LogP contribution in [0, 0.1) is 0 Å². The maximum atomic E-state index is 5.31. The molecule has 0 atom stereocenters. The van der Waals surface area contributed by atoms with Crippen LogP contribution >= 0.6 is 0 Å². The number of hydrogen-bond donors (Lipinski definition) is 2. The Morgan fingerprint density at radius 3 is 3.04 bits per heavy atom. The summed E-state index contributed by atoms with van der Waals surface area (Å²) in [5.41, 5.74) is 2.45. The summed E-state index contributed by atoms with van der Waals surface area (Å²) < 4.78 is 6.98. The van der Waals surface area contributed by atoms with Crippen LogP contribution in [-0.4, -0.2) is 30.2 Å². The van der Waals surface area contributed by atoms with Crippen LogP contribution in [0.15, 0.2) is 53.3 Å². The Labute approximate surface area is 141 Å². The molecular formula is C16H12N8O. The van der Waals surface area contributed by atoms with E-state index in [-0.39, 0.29) is 0 Å². The summed E-state index contributed by atoms with van der Waals surface area (Å²) in [6.45, 7) is 0.500. The van der Waals surface area contributed by atoms with E-state index in [1.807, 2.05) is 36.4 Å². The molecule has 0 saturated carbocycles. The third kappa shape index (κ3) is 2.29. The maximum Gasteiger partial charge on any atom is 0.225 e. The summed E-state index contributed by atoms with van der Waals surface area (Å²) in [7, 11) is 0. The minimum atomic E-state index is 0.487. The third-order valence-corrected chi connectivity index (χ3v) is 3.89. The number of nitrogens with zero attached hydrogens (tertiary/aromatic N) is 6. The van der Waals surface area contributed by atoms with Gasteiger partial charge in [0.15, 0.2) is 5.82 Å². The number of rotatable bonds is 3. The minimum absolute atomic E-state index is 0.487. The van der Waals surface area contributed by atoms with Crippen molar-refractivity contribution in [3.05, 3.63) is 54.6 Å². The van der Waals surface area contributed by atoms with Crippen molar-refractivity contribution < 1.29 is 4.42 Å². The first-order valence-corrected chi connectivity index (χ1v) is 7.67. The highest BCUT2D eigenvalue weighted by molar-refractivity contribution is 5.81. The predicted molar refractivity (Wildman–Crippen MR) is 89.5 cm³/mol. The summed E-state index contributed by atoms with van der Waals surface area (Å²) in [5, 5.41) is 18.5. The number of benzene rings is 1. The molecular weight excluding hydrogens is 320 g/mol. The molecule has 4 heterocycles. The summed E-state index contributed by atoms with van der Waals surface area (Å²) in [5.74, 6) is 2.52. The molecule has 3 aromatic heterocycles. The van der Waals surface area contributed by atoms with Crippen molar-refractivity contribution in [2.45, 2.75) is 6.54 Å². The number of aromatic nitrogens is 6. The lowest BCUT2D eigenvalue weighted by molar-refractivity contribution is 0.517. The SMILES string of the molecule is c1coc(CNc2ncc3c(n2)Nc2ccccc2-n2nnnc2-3)c1. The van der Waals surface area contributed by atoms with Gasteiger partial charge in [0, 0.05) is 6.20 Å². The fourth-order valence-corrected chi connectivity index (χ4v) is 2.71. The Kier molecular flexibility index (Phi) is 2.96. The lowest BCUT2D eigenvalue weighted by Crippen LogP contribution is -2.05. The maximum absolute atomic E-state index is 5.31. The van der Waals surface area contributed by atoms with E-state index in [9.17, 15) is 0 Å². The Morgan fingerprint density at radius 1 is 1.16 bits per heavy atom. The molecule has 4 aromatic rings. The number of anilines is 3. The molecule has 0 fully saturated rings. The van der Waals surface area contributed by atoms with Crippen molar-refractivity contribution in [2.24, 2.45) is 0 Å². The van der Waals surface area contributed by atoms with E-state index in [1.54, 1.807) is 17.1 Å². The molecule has 0 aliphatic carbocycles. The summed E-state index contributed by atoms with van der Waals surface area (Å²) in [6.07, 6.45) is 3.33. The molecule has 9 heteroatoms. The van der Waals surface area contributed by atoms with Gasteiger partial charge in [0.05, 0.1) is 29.7 Å². The summed E-state index contributed by atoms with van der Waals surface area (Å²) in [6, 6.07) is 11.5. The Balaban J connectivity index is 1.56. The average molecular weight is 332 g/mol. The molecule has 5 rings (SSSR count). The molecule has 122 valence electrons. The van der Waals surface area contributed by atoms with E-state index < -0.39 is 0 Å². The van der Waals surface area contributed by atoms with Gasteiger partial charge in [-0.15, -0.1) is 5.10 Å². The second-order valence-electron chi connectivity index (χ2n) is 5.45. The van der Waals surface area contributed by atoms with Gasteiger partial charge in [0.1, 0.15) is 11.6 Å². The van der Waals surface area contributed by atoms with Crippen LogP contribution in [0.3, 0.4) is 0 Å². The predicted octanol–water partition coefficient (Wildman–Crippen LogP) is 2.38. The van der Waals surface area contributed by atoms with Crippen LogP contribution < -0.4 is 10.6 Å². The van der Waals surface area contributed by atoms with Crippen molar-refractivity contribution in [3.63, 3.8) is 0 Å². The number of hydrogen-bond acceptors (Lipinski definition) is 8. The van der Waals surface area contributed by atoms with Gasteiger partial charge in [-0.05, 0) is 34.7 Å². The molecule has 0 bridgehead atoms. The second-order valence-corrected chi connectivity index (χ2v) is 5.45. The largest absolute Gasteiger partial charge is 0.467 e. The smallest absolute Gasteiger partial charge is 0.225 e. The number of tetrazole rings is 1. The molecule has 1 aliphatic rings. The van der Waals surface area contributed by atoms with E-state index in [4.69, 9.17) is 4.42 Å². The van der Waals surface area contributed by atoms with Gasteiger partial charge in [0.2, 0.25) is 5.95 Å². The van der Waals surface area contributed by atoms with Crippen molar-refractivity contribution in [3.8, 4) is 17.1 Å². The van der Waals surface area contributed by atoms with Crippen molar-refractivity contribution in [1.82, 2.24) is 30.2 Å². The number of fused-ring (bicyclic) bond motifs is 5. The highest BCUT2D eigenvalue weighted by atomic mass is 16.3. The van der Waals surface area contributed by atoms with E-state index >= 15 is 0 Å². The zero-order chi connectivity index (χ0) is 16.6. The first-order valence-electron chi connectivity index (χ1n) is 7.67. The van der Waals surface area contributed by atoms with Crippen LogP contribution in [0.25, 0.3) is 17.1 Å². The van der Waals surface area contributed by atoms with Gasteiger partial charge < -0.3 is 15.1 Å². The van der Waals surface area contributed by atoms with Gasteiger partial charge in [0.25, 0.3) is 0 Å². The topological polar surface area (TPSA) is 107 Å². The van der Waals surface area contributed by atoms with Crippen molar-refractivity contribution in [2.75, 3.05) is 10.6 Å². The Bertz CT molecular complexity index is 1040. The third-order valence-electron chi connectivity index (χ3n) is 3.89. The molecule has 25 heavy (non-hydrogen) atoms. The molecule has 9 nitrogen and oxygen atoms in total. The molecule has 0 amide bonds. The monoisotopic (exact) mass is 332 g/mol. The fourth-order valence-electron chi connectivity index (χ4n) is 2.71. The number of nitrogens with one attached hydrogen (secondary N) is 2. The molecule has 0 saturated heterocycles. The minimum Gasteiger partial charge on any atom is -0.467 e. The highest BCUT2D eigenvalue weighted by Gasteiger charge is 2.23. The van der Waals surface area contributed by atoms with Crippen LogP contribution in [0.4, 0.5) is 17.5 Å². The van der Waals surface area contributed by atoms with E-state index in [0.717, 1.165) is 22.7 Å². The van der Waals surface area contributed by atoms with Gasteiger partial charge in [-0.2, -0.15) is 9.67 Å².